The van der Waals surface area contributed by atoms with Crippen LogP contribution in [0.5, 0.6) is 5.75 Å². The van der Waals surface area contributed by atoms with Gasteiger partial charge in [0.05, 0.1) is 5.56 Å². The van der Waals surface area contributed by atoms with E-state index in [0.29, 0.717) is 5.75 Å². The van der Waals surface area contributed by atoms with Crippen LogP contribution in [0, 0.1) is 0 Å². The van der Waals surface area contributed by atoms with Crippen molar-refractivity contribution >= 4 is 23.5 Å². The first-order valence-corrected chi connectivity index (χ1v) is 7.41. The molecule has 0 aliphatic heterocycles. The highest BCUT2D eigenvalue weighted by atomic mass is 32.2. The summed E-state index contributed by atoms with van der Waals surface area (Å²) in [6.07, 6.45) is -3.40. The van der Waals surface area contributed by atoms with Crippen LogP contribution in [0.15, 0.2) is 53.4 Å². The molecule has 1 N–H and O–H groups in total. The maximum absolute atomic E-state index is 12.6. The fraction of sp³-hybridized carbons (Fsp3) is 0.133. The molecule has 0 atom stereocenters. The summed E-state index contributed by atoms with van der Waals surface area (Å²) in [6.45, 7) is 0. The van der Waals surface area contributed by atoms with Gasteiger partial charge < -0.3 is 4.74 Å². The summed E-state index contributed by atoms with van der Waals surface area (Å²) in [6, 6.07) is 11.1. The van der Waals surface area contributed by atoms with Crippen molar-refractivity contribution < 1.29 is 22.7 Å². The smallest absolute Gasteiger partial charge is 0.410 e. The van der Waals surface area contributed by atoms with Crippen molar-refractivity contribution in [3.05, 3.63) is 54.1 Å². The Morgan fingerprint density at radius 2 is 1.82 bits per heavy atom. The molecule has 0 spiro atoms. The molecule has 0 unspecified atom stereocenters. The second-order valence-corrected chi connectivity index (χ2v) is 5.15. The SMILES string of the molecule is CSc1ccc(OC(=O)Nc2cccc(C(F)(F)F)c2)cc1. The molecule has 0 bridgehead atoms. The second kappa shape index (κ2) is 6.74. The summed E-state index contributed by atoms with van der Waals surface area (Å²) in [7, 11) is 0. The topological polar surface area (TPSA) is 38.3 Å². The van der Waals surface area contributed by atoms with E-state index in [0.717, 1.165) is 17.0 Å². The fourth-order valence-electron chi connectivity index (χ4n) is 1.67. The number of hydrogen-bond acceptors (Lipinski definition) is 3. The first-order valence-electron chi connectivity index (χ1n) is 6.18. The van der Waals surface area contributed by atoms with Crippen LogP contribution in [0.25, 0.3) is 0 Å². The highest BCUT2D eigenvalue weighted by molar-refractivity contribution is 7.98. The lowest BCUT2D eigenvalue weighted by Gasteiger charge is -2.10. The number of hydrogen-bond donors (Lipinski definition) is 1. The maximum atomic E-state index is 12.6. The van der Waals surface area contributed by atoms with Crippen molar-refractivity contribution in [1.29, 1.82) is 0 Å². The molecule has 2 aromatic rings. The van der Waals surface area contributed by atoms with Crippen LogP contribution in [0.4, 0.5) is 23.7 Å². The number of alkyl halides is 3. The van der Waals surface area contributed by atoms with Gasteiger partial charge in [-0.3, -0.25) is 5.32 Å². The molecule has 0 heterocycles. The van der Waals surface area contributed by atoms with Crippen LogP contribution in [-0.2, 0) is 6.18 Å². The molecule has 7 heteroatoms. The van der Waals surface area contributed by atoms with Gasteiger partial charge >= 0.3 is 12.3 Å². The number of nitrogens with one attached hydrogen (secondary N) is 1. The minimum Gasteiger partial charge on any atom is -0.410 e. The van der Waals surface area contributed by atoms with Gasteiger partial charge in [0.15, 0.2) is 0 Å². The van der Waals surface area contributed by atoms with Crippen LogP contribution in [0.3, 0.4) is 0 Å². The van der Waals surface area contributed by atoms with Gasteiger partial charge in [-0.05, 0) is 48.7 Å². The van der Waals surface area contributed by atoms with Gasteiger partial charge in [0.1, 0.15) is 5.75 Å². The summed E-state index contributed by atoms with van der Waals surface area (Å²) in [5.74, 6) is 0.308. The zero-order valence-electron chi connectivity index (χ0n) is 11.5. The molecule has 3 nitrogen and oxygen atoms in total. The monoisotopic (exact) mass is 327 g/mol. The average Bonchev–Trinajstić information content (AvgIpc) is 2.47. The van der Waals surface area contributed by atoms with E-state index in [1.165, 1.54) is 12.1 Å². The second-order valence-electron chi connectivity index (χ2n) is 4.27. The summed E-state index contributed by atoms with van der Waals surface area (Å²) in [4.78, 5) is 12.7. The lowest BCUT2D eigenvalue weighted by molar-refractivity contribution is -0.137. The normalized spacial score (nSPS) is 11.1. The fourth-order valence-corrected chi connectivity index (χ4v) is 2.08. The molecular formula is C15H12F3NO2S. The first-order chi connectivity index (χ1) is 10.4. The number of thioether (sulfide) groups is 1. The molecule has 0 saturated heterocycles. The predicted octanol–water partition coefficient (Wildman–Crippen LogP) is 5.04. The molecule has 2 rings (SSSR count). The van der Waals surface area contributed by atoms with E-state index in [4.69, 9.17) is 4.74 Å². The average molecular weight is 327 g/mol. The highest BCUT2D eigenvalue weighted by Crippen LogP contribution is 2.30. The number of benzene rings is 2. The standard InChI is InChI=1S/C15H12F3NO2S/c1-22-13-7-5-12(6-8-13)21-14(20)19-11-4-2-3-10(9-11)15(16,17)18/h2-9H,1H3,(H,19,20). The first kappa shape index (κ1) is 16.2. The number of anilines is 1. The van der Waals surface area contributed by atoms with Gasteiger partial charge in [-0.2, -0.15) is 13.2 Å². The quantitative estimate of drug-likeness (QED) is 0.803. The minimum absolute atomic E-state index is 0.0144. The largest absolute Gasteiger partial charge is 0.417 e. The summed E-state index contributed by atoms with van der Waals surface area (Å²) in [5, 5.41) is 2.27. The van der Waals surface area contributed by atoms with Gasteiger partial charge in [0.2, 0.25) is 0 Å². The molecule has 0 aliphatic rings. The zero-order valence-corrected chi connectivity index (χ0v) is 12.3. The Hall–Kier alpha value is -2.15. The van der Waals surface area contributed by atoms with Gasteiger partial charge in [-0.1, -0.05) is 6.07 Å². The van der Waals surface area contributed by atoms with E-state index in [1.807, 2.05) is 6.26 Å². The summed E-state index contributed by atoms with van der Waals surface area (Å²) < 4.78 is 42.7. The molecule has 0 fully saturated rings. The van der Waals surface area contributed by atoms with Crippen molar-refractivity contribution in [1.82, 2.24) is 0 Å². The summed E-state index contributed by atoms with van der Waals surface area (Å²) in [5.41, 5.74) is -0.824. The van der Waals surface area contributed by atoms with Crippen molar-refractivity contribution in [3.8, 4) is 5.75 Å². The molecular weight excluding hydrogens is 315 g/mol. The van der Waals surface area contributed by atoms with Crippen LogP contribution in [-0.4, -0.2) is 12.3 Å². The number of carbonyl (C=O) groups excluding carboxylic acids is 1. The van der Waals surface area contributed by atoms with Gasteiger partial charge in [-0.15, -0.1) is 11.8 Å². The molecule has 116 valence electrons. The van der Waals surface area contributed by atoms with Gasteiger partial charge in [-0.25, -0.2) is 4.79 Å². The van der Waals surface area contributed by atoms with Crippen molar-refractivity contribution in [2.75, 3.05) is 11.6 Å². The zero-order chi connectivity index (χ0) is 16.2. The third-order valence-electron chi connectivity index (χ3n) is 2.71. The van der Waals surface area contributed by atoms with Crippen molar-refractivity contribution in [2.24, 2.45) is 0 Å². The Morgan fingerprint density at radius 3 is 2.41 bits per heavy atom. The van der Waals surface area contributed by atoms with Gasteiger partial charge in [0, 0.05) is 10.6 Å². The predicted molar refractivity (Wildman–Crippen MR) is 79.3 cm³/mol. The lowest BCUT2D eigenvalue weighted by Crippen LogP contribution is -2.17. The van der Waals surface area contributed by atoms with E-state index < -0.39 is 17.8 Å². The van der Waals surface area contributed by atoms with E-state index in [-0.39, 0.29) is 5.69 Å². The highest BCUT2D eigenvalue weighted by Gasteiger charge is 2.30. The molecule has 0 radical (unpaired) electrons. The molecule has 22 heavy (non-hydrogen) atoms. The Morgan fingerprint density at radius 1 is 1.14 bits per heavy atom. The number of halogens is 3. The lowest BCUT2D eigenvalue weighted by atomic mass is 10.2. The van der Waals surface area contributed by atoms with Crippen LogP contribution in [0.2, 0.25) is 0 Å². The molecule has 1 amide bonds. The minimum atomic E-state index is -4.46. The van der Waals surface area contributed by atoms with E-state index >= 15 is 0 Å². The van der Waals surface area contributed by atoms with E-state index in [2.05, 4.69) is 5.32 Å². The van der Waals surface area contributed by atoms with Crippen molar-refractivity contribution in [2.45, 2.75) is 11.1 Å². The van der Waals surface area contributed by atoms with Crippen LogP contribution in [0.1, 0.15) is 5.56 Å². The number of amides is 1. The number of rotatable bonds is 3. The molecule has 2 aromatic carbocycles. The van der Waals surface area contributed by atoms with E-state index in [9.17, 15) is 18.0 Å². The van der Waals surface area contributed by atoms with Crippen molar-refractivity contribution in [3.63, 3.8) is 0 Å². The molecule has 0 saturated carbocycles. The Kier molecular flexibility index (Phi) is 4.97. The van der Waals surface area contributed by atoms with Crippen LogP contribution < -0.4 is 10.1 Å². The Bertz CT molecular complexity index is 657. The third-order valence-corrected chi connectivity index (χ3v) is 3.45. The molecule has 0 aliphatic carbocycles. The summed E-state index contributed by atoms with van der Waals surface area (Å²) >= 11 is 1.54. The Labute approximate surface area is 129 Å². The number of ether oxygens (including phenoxy) is 1. The van der Waals surface area contributed by atoms with Crippen LogP contribution >= 0.6 is 11.8 Å². The maximum Gasteiger partial charge on any atom is 0.417 e. The van der Waals surface area contributed by atoms with E-state index in [1.54, 1.807) is 36.0 Å². The Balaban J connectivity index is 2.02. The third kappa shape index (κ3) is 4.42. The molecule has 0 aromatic heterocycles. The van der Waals surface area contributed by atoms with Gasteiger partial charge in [0.25, 0.3) is 0 Å². The number of carbonyl (C=O) groups is 1.